The van der Waals surface area contributed by atoms with E-state index >= 15 is 0 Å². The Labute approximate surface area is 193 Å². The maximum atomic E-state index is 13.3. The van der Waals surface area contributed by atoms with Crippen LogP contribution in [0.4, 0.5) is 0 Å². The summed E-state index contributed by atoms with van der Waals surface area (Å²) in [4.78, 5) is 15.1. The van der Waals surface area contributed by atoms with Crippen LogP contribution in [0.2, 0.25) is 15.1 Å². The Morgan fingerprint density at radius 2 is 1.70 bits per heavy atom. The number of unbranched alkanes of at least 4 members (excludes halogenated alkanes) is 2. The zero-order chi connectivity index (χ0) is 21.5. The van der Waals surface area contributed by atoms with Crippen molar-refractivity contribution < 1.29 is 4.79 Å². The number of benzene rings is 2. The number of carbonyl (C=O) groups excluding carboxylic acids is 1. The van der Waals surface area contributed by atoms with Gasteiger partial charge in [0.15, 0.2) is 0 Å². The monoisotopic (exact) mass is 462 g/mol. The van der Waals surface area contributed by atoms with Crippen LogP contribution in [-0.4, -0.2) is 21.9 Å². The molecule has 0 aliphatic carbocycles. The number of hydrogen-bond donors (Lipinski definition) is 0. The minimum atomic E-state index is -0.0639. The fourth-order valence-electron chi connectivity index (χ4n) is 3.44. The Hall–Kier alpha value is -1.94. The second-order valence-corrected chi connectivity index (χ2v) is 8.66. The summed E-state index contributed by atoms with van der Waals surface area (Å²) in [6, 6.07) is 16.9. The number of amides is 1. The molecule has 0 atom stereocenters. The van der Waals surface area contributed by atoms with Gasteiger partial charge < -0.3 is 9.47 Å². The van der Waals surface area contributed by atoms with Gasteiger partial charge in [-0.1, -0.05) is 66.7 Å². The minimum Gasteiger partial charge on any atom is -0.345 e. The number of halogens is 3. The number of carbonyl (C=O) groups is 1. The van der Waals surface area contributed by atoms with Crippen molar-refractivity contribution in [2.45, 2.75) is 39.3 Å². The number of rotatable bonds is 9. The summed E-state index contributed by atoms with van der Waals surface area (Å²) in [7, 11) is 0. The highest BCUT2D eigenvalue weighted by Gasteiger charge is 2.18. The first kappa shape index (κ1) is 22.7. The second-order valence-electron chi connectivity index (χ2n) is 7.35. The van der Waals surface area contributed by atoms with E-state index in [1.807, 2.05) is 41.4 Å². The second kappa shape index (κ2) is 10.9. The molecule has 0 radical (unpaired) electrons. The third-order valence-electron chi connectivity index (χ3n) is 4.95. The predicted molar refractivity (Wildman–Crippen MR) is 126 cm³/mol. The lowest BCUT2D eigenvalue weighted by atomic mass is 10.1. The van der Waals surface area contributed by atoms with E-state index in [1.165, 1.54) is 0 Å². The summed E-state index contributed by atoms with van der Waals surface area (Å²) in [5.41, 5.74) is 2.69. The largest absolute Gasteiger partial charge is 0.345 e. The lowest BCUT2D eigenvalue weighted by molar-refractivity contribution is 0.0736. The Morgan fingerprint density at radius 1 is 0.933 bits per heavy atom. The van der Waals surface area contributed by atoms with Crippen LogP contribution >= 0.6 is 34.8 Å². The Bertz CT molecular complexity index is 979. The average Bonchev–Trinajstić information content (AvgIpc) is 3.12. The van der Waals surface area contributed by atoms with Gasteiger partial charge in [0, 0.05) is 45.6 Å². The van der Waals surface area contributed by atoms with Gasteiger partial charge in [-0.3, -0.25) is 4.79 Å². The van der Waals surface area contributed by atoms with E-state index in [-0.39, 0.29) is 5.91 Å². The van der Waals surface area contributed by atoms with Gasteiger partial charge in [0.25, 0.3) is 5.91 Å². The fraction of sp³-hybridized carbons (Fsp3) is 0.292. The van der Waals surface area contributed by atoms with Crippen LogP contribution in [0.1, 0.15) is 47.8 Å². The summed E-state index contributed by atoms with van der Waals surface area (Å²) in [5, 5.41) is 1.64. The lowest BCUT2D eigenvalue weighted by Crippen LogP contribution is -2.32. The number of hydrogen-bond acceptors (Lipinski definition) is 1. The third-order valence-corrected chi connectivity index (χ3v) is 5.62. The molecule has 0 fully saturated rings. The van der Waals surface area contributed by atoms with Crippen LogP contribution in [0, 0.1) is 0 Å². The summed E-state index contributed by atoms with van der Waals surface area (Å²) in [5.74, 6) is -0.0639. The standard InChI is InChI=1S/C24H25Cl3N2O/c1-2-3-4-10-29(24(30)19-13-21(26)15-22(27)14-19)17-23-9-6-11-28(23)16-18-7-5-8-20(25)12-18/h5-9,11-15H,2-4,10,16-17H2,1H3. The van der Waals surface area contributed by atoms with E-state index in [2.05, 4.69) is 17.6 Å². The molecule has 3 rings (SSSR count). The zero-order valence-corrected chi connectivity index (χ0v) is 19.2. The molecule has 158 valence electrons. The van der Waals surface area contributed by atoms with E-state index in [0.717, 1.165) is 35.5 Å². The normalized spacial score (nSPS) is 10.9. The molecule has 0 bridgehead atoms. The van der Waals surface area contributed by atoms with Crippen LogP contribution in [0.3, 0.4) is 0 Å². The van der Waals surface area contributed by atoms with Crippen LogP contribution in [0.5, 0.6) is 0 Å². The molecule has 2 aromatic carbocycles. The maximum Gasteiger partial charge on any atom is 0.254 e. The molecule has 0 aliphatic heterocycles. The van der Waals surface area contributed by atoms with Gasteiger partial charge in [0.05, 0.1) is 6.54 Å². The van der Waals surface area contributed by atoms with E-state index < -0.39 is 0 Å². The van der Waals surface area contributed by atoms with Crippen molar-refractivity contribution in [1.29, 1.82) is 0 Å². The molecule has 0 N–H and O–H groups in total. The highest BCUT2D eigenvalue weighted by molar-refractivity contribution is 6.35. The molecule has 0 aliphatic rings. The van der Waals surface area contributed by atoms with E-state index in [1.54, 1.807) is 18.2 Å². The Kier molecular flexibility index (Phi) is 8.26. The lowest BCUT2D eigenvalue weighted by Gasteiger charge is -2.24. The average molecular weight is 464 g/mol. The van der Waals surface area contributed by atoms with Gasteiger partial charge in [0.2, 0.25) is 0 Å². The Morgan fingerprint density at radius 3 is 2.40 bits per heavy atom. The van der Waals surface area contributed by atoms with Crippen molar-refractivity contribution in [3.05, 3.63) is 92.7 Å². The molecule has 3 nitrogen and oxygen atoms in total. The fourth-order valence-corrected chi connectivity index (χ4v) is 4.18. The molecule has 3 aromatic rings. The van der Waals surface area contributed by atoms with Gasteiger partial charge in [-0.05, 0) is 54.4 Å². The first-order valence-electron chi connectivity index (χ1n) is 10.1. The van der Waals surface area contributed by atoms with Crippen LogP contribution in [0.15, 0.2) is 60.8 Å². The van der Waals surface area contributed by atoms with Crippen molar-refractivity contribution in [3.8, 4) is 0 Å². The van der Waals surface area contributed by atoms with E-state index in [9.17, 15) is 4.79 Å². The predicted octanol–water partition coefficient (Wildman–Crippen LogP) is 7.33. The smallest absolute Gasteiger partial charge is 0.254 e. The molecule has 30 heavy (non-hydrogen) atoms. The molecule has 0 spiro atoms. The summed E-state index contributed by atoms with van der Waals surface area (Å²) < 4.78 is 2.15. The molecular weight excluding hydrogens is 439 g/mol. The van der Waals surface area contributed by atoms with Crippen molar-refractivity contribution in [2.24, 2.45) is 0 Å². The Balaban J connectivity index is 1.81. The van der Waals surface area contributed by atoms with Crippen molar-refractivity contribution in [3.63, 3.8) is 0 Å². The third kappa shape index (κ3) is 6.28. The molecule has 0 unspecified atom stereocenters. The summed E-state index contributed by atoms with van der Waals surface area (Å²) in [6.45, 7) is 4.04. The zero-order valence-electron chi connectivity index (χ0n) is 17.0. The molecule has 0 saturated carbocycles. The number of nitrogens with zero attached hydrogens (tertiary/aromatic N) is 2. The van der Waals surface area contributed by atoms with Gasteiger partial charge in [-0.25, -0.2) is 0 Å². The first-order chi connectivity index (χ1) is 14.5. The molecule has 1 heterocycles. The van der Waals surface area contributed by atoms with Crippen molar-refractivity contribution in [1.82, 2.24) is 9.47 Å². The van der Waals surface area contributed by atoms with Gasteiger partial charge in [-0.15, -0.1) is 0 Å². The van der Waals surface area contributed by atoms with Crippen molar-refractivity contribution >= 4 is 40.7 Å². The van der Waals surface area contributed by atoms with Crippen molar-refractivity contribution in [2.75, 3.05) is 6.54 Å². The summed E-state index contributed by atoms with van der Waals surface area (Å²) >= 11 is 18.4. The molecule has 1 amide bonds. The van der Waals surface area contributed by atoms with E-state index in [4.69, 9.17) is 34.8 Å². The van der Waals surface area contributed by atoms with E-state index in [0.29, 0.717) is 35.2 Å². The highest BCUT2D eigenvalue weighted by Crippen LogP contribution is 2.22. The van der Waals surface area contributed by atoms with Crippen LogP contribution in [-0.2, 0) is 13.1 Å². The first-order valence-corrected chi connectivity index (χ1v) is 11.2. The molecule has 0 saturated heterocycles. The molecule has 1 aromatic heterocycles. The van der Waals surface area contributed by atoms with Gasteiger partial charge >= 0.3 is 0 Å². The molecule has 6 heteroatoms. The van der Waals surface area contributed by atoms with Crippen LogP contribution < -0.4 is 0 Å². The number of aromatic nitrogens is 1. The van der Waals surface area contributed by atoms with Crippen LogP contribution in [0.25, 0.3) is 0 Å². The summed E-state index contributed by atoms with van der Waals surface area (Å²) in [6.07, 6.45) is 5.15. The quantitative estimate of drug-likeness (QED) is 0.305. The van der Waals surface area contributed by atoms with Gasteiger partial charge in [0.1, 0.15) is 0 Å². The van der Waals surface area contributed by atoms with Gasteiger partial charge in [-0.2, -0.15) is 0 Å². The SMILES string of the molecule is CCCCCN(Cc1cccn1Cc1cccc(Cl)c1)C(=O)c1cc(Cl)cc(Cl)c1. The minimum absolute atomic E-state index is 0.0639. The highest BCUT2D eigenvalue weighted by atomic mass is 35.5. The topological polar surface area (TPSA) is 25.2 Å². The maximum absolute atomic E-state index is 13.3. The molecular formula is C24H25Cl3N2O.